The van der Waals surface area contributed by atoms with E-state index in [2.05, 4.69) is 0 Å². The normalized spacial score (nSPS) is 19.0. The van der Waals surface area contributed by atoms with Crippen molar-refractivity contribution >= 4 is 40.2 Å². The third-order valence-electron chi connectivity index (χ3n) is 5.21. The molecule has 0 N–H and O–H groups in total. The monoisotopic (exact) mass is 457 g/mol. The van der Waals surface area contributed by atoms with Crippen molar-refractivity contribution in [1.29, 1.82) is 0 Å². The highest BCUT2D eigenvalue weighted by Crippen LogP contribution is 2.22. The van der Waals surface area contributed by atoms with Gasteiger partial charge in [0.15, 0.2) is 5.16 Å². The molecule has 1 fully saturated rings. The molecule has 6 nitrogen and oxygen atoms in total. The summed E-state index contributed by atoms with van der Waals surface area (Å²) in [5.41, 5.74) is 1.30. The molecule has 2 aromatic carbocycles. The summed E-state index contributed by atoms with van der Waals surface area (Å²) in [7, 11) is 0. The van der Waals surface area contributed by atoms with Crippen LogP contribution in [0.4, 0.5) is 0 Å². The summed E-state index contributed by atoms with van der Waals surface area (Å²) in [6.07, 6.45) is 0.0183. The smallest absolute Gasteiger partial charge is 0.262 e. The molecule has 0 radical (unpaired) electrons. The molecule has 162 valence electrons. The molecule has 2 unspecified atom stereocenters. The molecular formula is C23H24ClN3O3S. The zero-order valence-corrected chi connectivity index (χ0v) is 19.0. The fraction of sp³-hybridized carbons (Fsp3) is 0.348. The Labute approximate surface area is 190 Å². The average molecular weight is 458 g/mol. The van der Waals surface area contributed by atoms with Gasteiger partial charge in [0.25, 0.3) is 5.56 Å². The summed E-state index contributed by atoms with van der Waals surface area (Å²) in [6, 6.07) is 14.7. The zero-order chi connectivity index (χ0) is 22.0. The SMILES string of the molecule is CC1CN(C(=O)CSc2nc3ccccc3c(=O)n2Cc2ccccc2Cl)CC(C)O1. The van der Waals surface area contributed by atoms with Crippen LogP contribution in [0.15, 0.2) is 58.5 Å². The van der Waals surface area contributed by atoms with Gasteiger partial charge in [-0.2, -0.15) is 0 Å². The van der Waals surface area contributed by atoms with E-state index in [9.17, 15) is 9.59 Å². The third-order valence-corrected chi connectivity index (χ3v) is 6.54. The maximum absolute atomic E-state index is 13.3. The topological polar surface area (TPSA) is 64.4 Å². The Morgan fingerprint density at radius 3 is 2.55 bits per heavy atom. The number of morpholine rings is 1. The highest BCUT2D eigenvalue weighted by atomic mass is 35.5. The second kappa shape index (κ2) is 9.42. The van der Waals surface area contributed by atoms with E-state index in [1.165, 1.54) is 11.8 Å². The van der Waals surface area contributed by atoms with Crippen LogP contribution in [0.1, 0.15) is 19.4 Å². The molecular weight excluding hydrogens is 434 g/mol. The Kier molecular flexibility index (Phi) is 6.65. The number of ether oxygens (including phenoxy) is 1. The first-order valence-electron chi connectivity index (χ1n) is 10.2. The summed E-state index contributed by atoms with van der Waals surface area (Å²) in [5.74, 6) is 0.214. The number of thioether (sulfide) groups is 1. The molecule has 0 saturated carbocycles. The third kappa shape index (κ3) is 4.95. The number of hydrogen-bond acceptors (Lipinski definition) is 5. The number of para-hydroxylation sites is 1. The van der Waals surface area contributed by atoms with Crippen molar-refractivity contribution in [2.45, 2.75) is 37.8 Å². The number of carbonyl (C=O) groups excluding carboxylic acids is 1. The van der Waals surface area contributed by atoms with Gasteiger partial charge >= 0.3 is 0 Å². The number of benzene rings is 2. The van der Waals surface area contributed by atoms with Crippen LogP contribution in [0.2, 0.25) is 5.02 Å². The molecule has 31 heavy (non-hydrogen) atoms. The predicted molar refractivity (Wildman–Crippen MR) is 124 cm³/mol. The maximum Gasteiger partial charge on any atom is 0.262 e. The minimum absolute atomic E-state index is 0.00916. The van der Waals surface area contributed by atoms with Crippen LogP contribution in [0.5, 0.6) is 0 Å². The predicted octanol–water partition coefficient (Wildman–Crippen LogP) is 3.83. The number of amides is 1. The molecule has 1 amide bonds. The van der Waals surface area contributed by atoms with Crippen molar-refractivity contribution in [2.24, 2.45) is 0 Å². The van der Waals surface area contributed by atoms with Gasteiger partial charge in [0.2, 0.25) is 5.91 Å². The van der Waals surface area contributed by atoms with E-state index in [4.69, 9.17) is 21.3 Å². The molecule has 0 spiro atoms. The van der Waals surface area contributed by atoms with Gasteiger partial charge in [-0.3, -0.25) is 14.2 Å². The van der Waals surface area contributed by atoms with Crippen molar-refractivity contribution in [3.63, 3.8) is 0 Å². The lowest BCUT2D eigenvalue weighted by molar-refractivity contribution is -0.140. The highest BCUT2D eigenvalue weighted by Gasteiger charge is 2.26. The van der Waals surface area contributed by atoms with Crippen molar-refractivity contribution in [3.8, 4) is 0 Å². The molecule has 1 saturated heterocycles. The van der Waals surface area contributed by atoms with Gasteiger partial charge < -0.3 is 9.64 Å². The molecule has 4 rings (SSSR count). The molecule has 1 aromatic heterocycles. The summed E-state index contributed by atoms with van der Waals surface area (Å²) in [6.45, 7) is 5.37. The lowest BCUT2D eigenvalue weighted by Gasteiger charge is -2.35. The van der Waals surface area contributed by atoms with Crippen LogP contribution in [-0.4, -0.2) is 51.4 Å². The molecule has 0 bridgehead atoms. The van der Waals surface area contributed by atoms with E-state index in [1.54, 1.807) is 16.7 Å². The average Bonchev–Trinajstić information content (AvgIpc) is 2.75. The summed E-state index contributed by atoms with van der Waals surface area (Å²) < 4.78 is 7.32. The quantitative estimate of drug-likeness (QED) is 0.430. The summed E-state index contributed by atoms with van der Waals surface area (Å²) >= 11 is 7.62. The second-order valence-corrected chi connectivity index (χ2v) is 9.09. The fourth-order valence-corrected chi connectivity index (χ4v) is 4.89. The summed E-state index contributed by atoms with van der Waals surface area (Å²) in [5, 5.41) is 1.64. The van der Waals surface area contributed by atoms with E-state index in [0.717, 1.165) is 5.56 Å². The van der Waals surface area contributed by atoms with Gasteiger partial charge in [0, 0.05) is 18.1 Å². The van der Waals surface area contributed by atoms with Gasteiger partial charge in [0.05, 0.1) is 35.4 Å². The number of aromatic nitrogens is 2. The van der Waals surface area contributed by atoms with Gasteiger partial charge in [-0.05, 0) is 37.6 Å². The van der Waals surface area contributed by atoms with E-state index in [1.807, 2.05) is 55.1 Å². The van der Waals surface area contributed by atoms with Crippen LogP contribution in [-0.2, 0) is 16.1 Å². The number of fused-ring (bicyclic) bond motifs is 1. The van der Waals surface area contributed by atoms with Crippen LogP contribution >= 0.6 is 23.4 Å². The largest absolute Gasteiger partial charge is 0.372 e. The minimum Gasteiger partial charge on any atom is -0.372 e. The number of hydrogen-bond donors (Lipinski definition) is 0. The van der Waals surface area contributed by atoms with E-state index < -0.39 is 0 Å². The molecule has 8 heteroatoms. The van der Waals surface area contributed by atoms with Crippen molar-refractivity contribution in [2.75, 3.05) is 18.8 Å². The Morgan fingerprint density at radius 1 is 1.13 bits per heavy atom. The number of halogens is 1. The lowest BCUT2D eigenvalue weighted by atomic mass is 10.2. The van der Waals surface area contributed by atoms with Crippen molar-refractivity contribution < 1.29 is 9.53 Å². The van der Waals surface area contributed by atoms with Gasteiger partial charge in [-0.1, -0.05) is 53.7 Å². The Balaban J connectivity index is 1.63. The van der Waals surface area contributed by atoms with E-state index >= 15 is 0 Å². The van der Waals surface area contributed by atoms with Crippen LogP contribution < -0.4 is 5.56 Å². The minimum atomic E-state index is -0.144. The van der Waals surface area contributed by atoms with Crippen molar-refractivity contribution in [1.82, 2.24) is 14.5 Å². The van der Waals surface area contributed by atoms with E-state index in [0.29, 0.717) is 40.7 Å². The first kappa shape index (κ1) is 21.9. The van der Waals surface area contributed by atoms with Gasteiger partial charge in [-0.15, -0.1) is 0 Å². The molecule has 1 aliphatic heterocycles. The van der Waals surface area contributed by atoms with Crippen molar-refractivity contribution in [3.05, 3.63) is 69.5 Å². The van der Waals surface area contributed by atoms with Gasteiger partial charge in [0.1, 0.15) is 0 Å². The Hall–Kier alpha value is -2.35. The van der Waals surface area contributed by atoms with Crippen LogP contribution in [0.25, 0.3) is 10.9 Å². The number of carbonyl (C=O) groups is 1. The first-order chi connectivity index (χ1) is 14.9. The number of rotatable bonds is 5. The highest BCUT2D eigenvalue weighted by molar-refractivity contribution is 7.99. The number of nitrogens with zero attached hydrogens (tertiary/aromatic N) is 3. The first-order valence-corrected chi connectivity index (χ1v) is 11.6. The lowest BCUT2D eigenvalue weighted by Crippen LogP contribution is -2.48. The van der Waals surface area contributed by atoms with Gasteiger partial charge in [-0.25, -0.2) is 4.98 Å². The zero-order valence-electron chi connectivity index (χ0n) is 17.5. The molecule has 0 aliphatic carbocycles. The van der Waals surface area contributed by atoms with Crippen LogP contribution in [0.3, 0.4) is 0 Å². The molecule has 2 atom stereocenters. The van der Waals surface area contributed by atoms with Crippen LogP contribution in [0, 0.1) is 0 Å². The van der Waals surface area contributed by atoms with E-state index in [-0.39, 0.29) is 29.4 Å². The standard InChI is InChI=1S/C23H24ClN3O3S/c1-15-11-26(12-16(2)30-15)21(28)14-31-23-25-20-10-6-4-8-18(20)22(29)27(23)13-17-7-3-5-9-19(17)24/h3-10,15-16H,11-14H2,1-2H3. The Morgan fingerprint density at radius 2 is 1.81 bits per heavy atom. The molecule has 3 aromatic rings. The second-order valence-electron chi connectivity index (χ2n) is 7.74. The Bertz CT molecular complexity index is 1160. The fourth-order valence-electron chi connectivity index (χ4n) is 3.79. The molecule has 2 heterocycles. The summed E-state index contributed by atoms with van der Waals surface area (Å²) in [4.78, 5) is 32.6. The molecule has 1 aliphatic rings. The maximum atomic E-state index is 13.3.